The summed E-state index contributed by atoms with van der Waals surface area (Å²) >= 11 is 0. The van der Waals surface area contributed by atoms with Crippen molar-refractivity contribution in [2.24, 2.45) is 0 Å². The minimum Gasteiger partial charge on any atom is -0.355 e. The van der Waals surface area contributed by atoms with E-state index in [4.69, 9.17) is 0 Å². The number of rotatable bonds is 39. The van der Waals surface area contributed by atoms with Gasteiger partial charge in [-0.3, -0.25) is 9.59 Å². The predicted octanol–water partition coefficient (Wildman–Crippen LogP) is 10.5. The first-order valence-electron chi connectivity index (χ1n) is 21.0. The first kappa shape index (κ1) is 46.3. The maximum Gasteiger partial charge on any atom is 0.220 e. The summed E-state index contributed by atoms with van der Waals surface area (Å²) in [5.41, 5.74) is 0. The van der Waals surface area contributed by atoms with Gasteiger partial charge in [0, 0.05) is 52.1 Å². The standard InChI is InChI=1S/C42H82N4O2/c1-3-5-7-9-11-13-15-17-19-21-23-25-27-29-31-33-41(47)45-39-37-43-35-36-44-38-40-46-42(48)34-32-30-28-26-24-22-20-18-16-14-12-10-8-6-4-2/h17-20,43-44H,3-16,21-40H2,1-2H3,(H,45,47)(H,46,48)/b19-17-,20-18-. The molecule has 0 aliphatic rings. The van der Waals surface area contributed by atoms with E-state index < -0.39 is 0 Å². The summed E-state index contributed by atoms with van der Waals surface area (Å²) in [6.07, 6.45) is 44.0. The molecule has 6 heteroatoms. The van der Waals surface area contributed by atoms with Crippen LogP contribution in [-0.4, -0.2) is 51.1 Å². The quantitative estimate of drug-likeness (QED) is 0.0386. The molecule has 6 nitrogen and oxygen atoms in total. The summed E-state index contributed by atoms with van der Waals surface area (Å²) in [5, 5.41) is 12.8. The summed E-state index contributed by atoms with van der Waals surface area (Å²) < 4.78 is 0. The Morgan fingerprint density at radius 2 is 0.625 bits per heavy atom. The van der Waals surface area contributed by atoms with Crippen LogP contribution in [-0.2, 0) is 9.59 Å². The van der Waals surface area contributed by atoms with Crippen LogP contribution in [0, 0.1) is 0 Å². The van der Waals surface area contributed by atoms with Gasteiger partial charge in [-0.1, -0.05) is 141 Å². The fourth-order valence-electron chi connectivity index (χ4n) is 5.90. The summed E-state index contributed by atoms with van der Waals surface area (Å²) in [5.74, 6) is 0.343. The van der Waals surface area contributed by atoms with Crippen LogP contribution in [0.1, 0.15) is 194 Å². The molecule has 0 aromatic rings. The van der Waals surface area contributed by atoms with Crippen LogP contribution in [0.15, 0.2) is 24.3 Å². The molecule has 0 saturated heterocycles. The molecule has 0 radical (unpaired) electrons. The van der Waals surface area contributed by atoms with Crippen molar-refractivity contribution in [1.82, 2.24) is 21.3 Å². The lowest BCUT2D eigenvalue weighted by atomic mass is 10.1. The Morgan fingerprint density at radius 3 is 0.958 bits per heavy atom. The number of carbonyl (C=O) groups is 2. The van der Waals surface area contributed by atoms with Gasteiger partial charge in [-0.25, -0.2) is 0 Å². The highest BCUT2D eigenvalue weighted by atomic mass is 16.2. The molecule has 0 fully saturated rings. The first-order valence-corrected chi connectivity index (χ1v) is 21.0. The van der Waals surface area contributed by atoms with Crippen molar-refractivity contribution in [1.29, 1.82) is 0 Å². The van der Waals surface area contributed by atoms with E-state index in [1.165, 1.54) is 141 Å². The van der Waals surface area contributed by atoms with Crippen LogP contribution in [0.5, 0.6) is 0 Å². The van der Waals surface area contributed by atoms with Crippen molar-refractivity contribution in [3.8, 4) is 0 Å². The molecule has 0 saturated carbocycles. The zero-order chi connectivity index (χ0) is 34.9. The Hall–Kier alpha value is -1.66. The molecule has 0 aromatic heterocycles. The molecule has 0 aliphatic carbocycles. The largest absolute Gasteiger partial charge is 0.355 e. The molecule has 4 N–H and O–H groups in total. The van der Waals surface area contributed by atoms with Crippen LogP contribution in [0.3, 0.4) is 0 Å². The molecular formula is C42H82N4O2. The smallest absolute Gasteiger partial charge is 0.220 e. The third-order valence-corrected chi connectivity index (χ3v) is 9.06. The number of amides is 2. The minimum absolute atomic E-state index is 0.171. The second-order valence-electron chi connectivity index (χ2n) is 13.9. The zero-order valence-electron chi connectivity index (χ0n) is 32.2. The number of unbranched alkanes of at least 4 members (excludes halogenated alkanes) is 22. The fraction of sp³-hybridized carbons (Fsp3) is 0.857. The second kappa shape index (κ2) is 41.5. The van der Waals surface area contributed by atoms with Gasteiger partial charge >= 0.3 is 0 Å². The van der Waals surface area contributed by atoms with Crippen molar-refractivity contribution in [2.45, 2.75) is 194 Å². The number of nitrogens with one attached hydrogen (secondary N) is 4. The van der Waals surface area contributed by atoms with Gasteiger partial charge in [0.15, 0.2) is 0 Å². The Labute approximate surface area is 299 Å². The van der Waals surface area contributed by atoms with Crippen LogP contribution >= 0.6 is 0 Å². The monoisotopic (exact) mass is 675 g/mol. The third-order valence-electron chi connectivity index (χ3n) is 9.06. The molecule has 48 heavy (non-hydrogen) atoms. The Bertz CT molecular complexity index is 664. The summed E-state index contributed by atoms with van der Waals surface area (Å²) in [7, 11) is 0. The second-order valence-corrected chi connectivity index (χ2v) is 13.9. The molecule has 0 heterocycles. The number of hydrogen-bond acceptors (Lipinski definition) is 4. The van der Waals surface area contributed by atoms with Crippen LogP contribution in [0.2, 0.25) is 0 Å². The molecule has 0 spiro atoms. The number of carbonyl (C=O) groups excluding carboxylic acids is 2. The highest BCUT2D eigenvalue weighted by Crippen LogP contribution is 2.11. The fourth-order valence-corrected chi connectivity index (χ4v) is 5.90. The predicted molar refractivity (Wildman–Crippen MR) is 211 cm³/mol. The summed E-state index contributed by atoms with van der Waals surface area (Å²) in [6.45, 7) is 9.17. The van der Waals surface area contributed by atoms with E-state index >= 15 is 0 Å². The van der Waals surface area contributed by atoms with Gasteiger partial charge in [-0.05, 0) is 64.2 Å². The van der Waals surface area contributed by atoms with E-state index in [1.807, 2.05) is 0 Å². The number of hydrogen-bond donors (Lipinski definition) is 4. The first-order chi connectivity index (χ1) is 23.7. The summed E-state index contributed by atoms with van der Waals surface area (Å²) in [4.78, 5) is 24.1. The Morgan fingerprint density at radius 1 is 0.354 bits per heavy atom. The van der Waals surface area contributed by atoms with Crippen molar-refractivity contribution in [3.63, 3.8) is 0 Å². The van der Waals surface area contributed by atoms with Crippen molar-refractivity contribution in [2.75, 3.05) is 39.3 Å². The molecular weight excluding hydrogens is 592 g/mol. The van der Waals surface area contributed by atoms with Gasteiger partial charge in [0.2, 0.25) is 11.8 Å². The minimum atomic E-state index is 0.171. The van der Waals surface area contributed by atoms with Crippen molar-refractivity contribution in [3.05, 3.63) is 24.3 Å². The van der Waals surface area contributed by atoms with E-state index in [2.05, 4.69) is 59.4 Å². The lowest BCUT2D eigenvalue weighted by Gasteiger charge is -2.09. The van der Waals surface area contributed by atoms with E-state index in [0.29, 0.717) is 25.9 Å². The molecule has 2 amide bonds. The van der Waals surface area contributed by atoms with Gasteiger partial charge in [0.25, 0.3) is 0 Å². The molecule has 0 rings (SSSR count). The normalized spacial score (nSPS) is 11.6. The summed E-state index contributed by atoms with van der Waals surface area (Å²) in [6, 6.07) is 0. The molecule has 0 aliphatic heterocycles. The highest BCUT2D eigenvalue weighted by molar-refractivity contribution is 5.76. The SMILES string of the molecule is CCCCCCCC/C=C\CCCCCCCC(=O)NCCNCCNCCNC(=O)CCCCCCC/C=C\CCCCCCCC. The maximum absolute atomic E-state index is 12.0. The molecule has 0 aromatic carbocycles. The molecule has 0 atom stereocenters. The van der Waals surface area contributed by atoms with Crippen molar-refractivity contribution >= 4 is 11.8 Å². The van der Waals surface area contributed by atoms with Gasteiger partial charge in [-0.2, -0.15) is 0 Å². The lowest BCUT2D eigenvalue weighted by molar-refractivity contribution is -0.122. The average Bonchev–Trinajstić information content (AvgIpc) is 3.09. The van der Waals surface area contributed by atoms with Crippen LogP contribution in [0.4, 0.5) is 0 Å². The Kier molecular flexibility index (Phi) is 40.1. The van der Waals surface area contributed by atoms with E-state index in [-0.39, 0.29) is 11.8 Å². The van der Waals surface area contributed by atoms with Crippen molar-refractivity contribution < 1.29 is 9.59 Å². The third kappa shape index (κ3) is 40.5. The molecule has 0 unspecified atom stereocenters. The average molecular weight is 675 g/mol. The number of allylic oxidation sites excluding steroid dienone is 4. The topological polar surface area (TPSA) is 82.3 Å². The van der Waals surface area contributed by atoms with E-state index in [0.717, 1.165) is 51.9 Å². The van der Waals surface area contributed by atoms with Gasteiger partial charge in [0.05, 0.1) is 0 Å². The van der Waals surface area contributed by atoms with Gasteiger partial charge in [0.1, 0.15) is 0 Å². The molecule has 282 valence electrons. The van der Waals surface area contributed by atoms with E-state index in [9.17, 15) is 9.59 Å². The molecule has 0 bridgehead atoms. The Balaban J connectivity index is 3.29. The van der Waals surface area contributed by atoms with Gasteiger partial charge in [-0.15, -0.1) is 0 Å². The van der Waals surface area contributed by atoms with E-state index in [1.54, 1.807) is 0 Å². The lowest BCUT2D eigenvalue weighted by Crippen LogP contribution is -2.37. The van der Waals surface area contributed by atoms with Crippen LogP contribution in [0.25, 0.3) is 0 Å². The van der Waals surface area contributed by atoms with Crippen LogP contribution < -0.4 is 21.3 Å². The van der Waals surface area contributed by atoms with Gasteiger partial charge < -0.3 is 21.3 Å². The zero-order valence-corrected chi connectivity index (χ0v) is 32.2. The highest BCUT2D eigenvalue weighted by Gasteiger charge is 2.02. The maximum atomic E-state index is 12.0.